The normalized spacial score (nSPS) is 21.6. The first kappa shape index (κ1) is 11.0. The lowest BCUT2D eigenvalue weighted by Gasteiger charge is -2.03. The van der Waals surface area contributed by atoms with Crippen LogP contribution in [0.5, 0.6) is 0 Å². The van der Waals surface area contributed by atoms with Crippen molar-refractivity contribution in [3.05, 3.63) is 60.2 Å². The van der Waals surface area contributed by atoms with Crippen molar-refractivity contribution >= 4 is 5.97 Å². The van der Waals surface area contributed by atoms with Crippen LogP contribution >= 0.6 is 0 Å². The molecule has 1 fully saturated rings. The zero-order valence-corrected chi connectivity index (χ0v) is 9.91. The molecule has 1 N–H and O–H groups in total. The molecule has 90 valence electrons. The molecule has 2 aromatic carbocycles. The first-order chi connectivity index (χ1) is 8.75. The quantitative estimate of drug-likeness (QED) is 0.888. The van der Waals surface area contributed by atoms with Crippen molar-refractivity contribution < 1.29 is 9.90 Å². The topological polar surface area (TPSA) is 37.3 Å². The van der Waals surface area contributed by atoms with Crippen molar-refractivity contribution in [1.82, 2.24) is 0 Å². The van der Waals surface area contributed by atoms with Crippen LogP contribution in [0.4, 0.5) is 0 Å². The summed E-state index contributed by atoms with van der Waals surface area (Å²) in [6.45, 7) is 0. The Balaban J connectivity index is 1.81. The summed E-state index contributed by atoms with van der Waals surface area (Å²) in [4.78, 5) is 10.8. The highest BCUT2D eigenvalue weighted by Crippen LogP contribution is 2.47. The van der Waals surface area contributed by atoms with Gasteiger partial charge in [-0.2, -0.15) is 0 Å². The van der Waals surface area contributed by atoms with Crippen LogP contribution in [0, 0.1) is 5.92 Å². The molecule has 0 saturated heterocycles. The van der Waals surface area contributed by atoms with Gasteiger partial charge in [0, 0.05) is 0 Å². The van der Waals surface area contributed by atoms with Crippen molar-refractivity contribution in [2.75, 3.05) is 0 Å². The average Bonchev–Trinajstić information content (AvgIpc) is 3.20. The molecule has 1 saturated carbocycles. The summed E-state index contributed by atoms with van der Waals surface area (Å²) in [5.74, 6) is -0.632. The minimum atomic E-state index is -0.674. The third-order valence-corrected chi connectivity index (χ3v) is 3.55. The van der Waals surface area contributed by atoms with Gasteiger partial charge in [0.25, 0.3) is 0 Å². The molecule has 3 rings (SSSR count). The van der Waals surface area contributed by atoms with Crippen LogP contribution in [0.15, 0.2) is 54.6 Å². The molecule has 0 radical (unpaired) electrons. The molecule has 0 aliphatic heterocycles. The Labute approximate surface area is 106 Å². The monoisotopic (exact) mass is 238 g/mol. The summed E-state index contributed by atoms with van der Waals surface area (Å²) >= 11 is 0. The van der Waals surface area contributed by atoms with E-state index in [0.717, 1.165) is 12.0 Å². The van der Waals surface area contributed by atoms with Crippen LogP contribution in [0.1, 0.15) is 17.9 Å². The van der Waals surface area contributed by atoms with Crippen LogP contribution in [0.25, 0.3) is 11.1 Å². The van der Waals surface area contributed by atoms with Crippen LogP contribution < -0.4 is 0 Å². The molecule has 0 spiro atoms. The number of hydrogen-bond acceptors (Lipinski definition) is 1. The van der Waals surface area contributed by atoms with Gasteiger partial charge in [-0.15, -0.1) is 0 Å². The van der Waals surface area contributed by atoms with E-state index < -0.39 is 5.97 Å². The van der Waals surface area contributed by atoms with E-state index in [4.69, 9.17) is 5.11 Å². The maximum Gasteiger partial charge on any atom is 0.307 e. The van der Waals surface area contributed by atoms with E-state index in [1.54, 1.807) is 0 Å². The van der Waals surface area contributed by atoms with Crippen LogP contribution in [0.2, 0.25) is 0 Å². The van der Waals surface area contributed by atoms with E-state index in [0.29, 0.717) is 0 Å². The summed E-state index contributed by atoms with van der Waals surface area (Å²) in [7, 11) is 0. The number of carboxylic acid groups (broad SMARTS) is 1. The molecule has 2 heteroatoms. The van der Waals surface area contributed by atoms with Crippen molar-refractivity contribution in [3.8, 4) is 11.1 Å². The van der Waals surface area contributed by atoms with Gasteiger partial charge in [-0.3, -0.25) is 4.79 Å². The highest BCUT2D eigenvalue weighted by Gasteiger charge is 2.43. The lowest BCUT2D eigenvalue weighted by molar-refractivity contribution is -0.138. The Kier molecular flexibility index (Phi) is 2.63. The molecule has 0 unspecified atom stereocenters. The highest BCUT2D eigenvalue weighted by molar-refractivity contribution is 5.75. The number of rotatable bonds is 3. The van der Waals surface area contributed by atoms with Gasteiger partial charge < -0.3 is 5.11 Å². The highest BCUT2D eigenvalue weighted by atomic mass is 16.4. The molecular formula is C16H14O2. The fourth-order valence-electron chi connectivity index (χ4n) is 2.39. The van der Waals surface area contributed by atoms with E-state index in [1.165, 1.54) is 11.1 Å². The molecule has 2 aromatic rings. The second-order valence-electron chi connectivity index (χ2n) is 4.77. The Morgan fingerprint density at radius 1 is 0.944 bits per heavy atom. The van der Waals surface area contributed by atoms with Crippen LogP contribution in [-0.2, 0) is 4.79 Å². The zero-order valence-electron chi connectivity index (χ0n) is 9.91. The van der Waals surface area contributed by atoms with Gasteiger partial charge in [0.05, 0.1) is 5.92 Å². The second-order valence-corrected chi connectivity index (χ2v) is 4.77. The van der Waals surface area contributed by atoms with E-state index in [9.17, 15) is 4.79 Å². The fourth-order valence-corrected chi connectivity index (χ4v) is 2.39. The number of hydrogen-bond donors (Lipinski definition) is 1. The second kappa shape index (κ2) is 4.30. The van der Waals surface area contributed by atoms with E-state index >= 15 is 0 Å². The van der Waals surface area contributed by atoms with Crippen molar-refractivity contribution in [2.45, 2.75) is 12.3 Å². The summed E-state index contributed by atoms with van der Waals surface area (Å²) in [6, 6.07) is 18.4. The van der Waals surface area contributed by atoms with Gasteiger partial charge in [-0.1, -0.05) is 54.6 Å². The lowest BCUT2D eigenvalue weighted by atomic mass is 10.0. The summed E-state index contributed by atoms with van der Waals surface area (Å²) in [5, 5.41) is 8.92. The van der Waals surface area contributed by atoms with Gasteiger partial charge in [-0.25, -0.2) is 0 Å². The Morgan fingerprint density at radius 3 is 2.11 bits per heavy atom. The Hall–Kier alpha value is -2.09. The average molecular weight is 238 g/mol. The standard InChI is InChI=1S/C16H14O2/c17-16(18)15-10-14(15)13-8-6-12(7-9-13)11-4-2-1-3-5-11/h1-9,14-15H,10H2,(H,17,18)/t14-,15-/m1/s1. The number of carboxylic acids is 1. The third-order valence-electron chi connectivity index (χ3n) is 3.55. The van der Waals surface area contributed by atoms with Gasteiger partial charge >= 0.3 is 5.97 Å². The molecule has 0 bridgehead atoms. The predicted molar refractivity (Wildman–Crippen MR) is 70.4 cm³/mol. The molecule has 2 nitrogen and oxygen atoms in total. The predicted octanol–water partition coefficient (Wildman–Crippen LogP) is 3.54. The van der Waals surface area contributed by atoms with E-state index in [1.807, 2.05) is 18.2 Å². The van der Waals surface area contributed by atoms with Gasteiger partial charge in [0.1, 0.15) is 0 Å². The van der Waals surface area contributed by atoms with Gasteiger partial charge in [0.15, 0.2) is 0 Å². The van der Waals surface area contributed by atoms with Gasteiger partial charge in [0.2, 0.25) is 0 Å². The number of benzene rings is 2. The first-order valence-corrected chi connectivity index (χ1v) is 6.14. The lowest BCUT2D eigenvalue weighted by Crippen LogP contribution is -1.98. The largest absolute Gasteiger partial charge is 0.481 e. The van der Waals surface area contributed by atoms with E-state index in [-0.39, 0.29) is 11.8 Å². The minimum absolute atomic E-state index is 0.174. The van der Waals surface area contributed by atoms with Crippen LogP contribution in [-0.4, -0.2) is 11.1 Å². The maximum atomic E-state index is 10.8. The maximum absolute atomic E-state index is 10.8. The van der Waals surface area contributed by atoms with Crippen molar-refractivity contribution in [2.24, 2.45) is 5.92 Å². The molecule has 2 atom stereocenters. The summed E-state index contributed by atoms with van der Waals surface area (Å²) < 4.78 is 0. The number of aliphatic carboxylic acids is 1. The molecular weight excluding hydrogens is 224 g/mol. The molecule has 18 heavy (non-hydrogen) atoms. The molecule has 0 heterocycles. The number of carbonyl (C=O) groups is 1. The fraction of sp³-hybridized carbons (Fsp3) is 0.188. The smallest absolute Gasteiger partial charge is 0.307 e. The first-order valence-electron chi connectivity index (χ1n) is 6.14. The summed E-state index contributed by atoms with van der Waals surface area (Å²) in [5.41, 5.74) is 3.50. The van der Waals surface area contributed by atoms with Crippen molar-refractivity contribution in [3.63, 3.8) is 0 Å². The molecule has 1 aliphatic carbocycles. The SMILES string of the molecule is O=C(O)[C@@H]1C[C@@H]1c1ccc(-c2ccccc2)cc1. The minimum Gasteiger partial charge on any atom is -0.481 e. The third kappa shape index (κ3) is 2.02. The Morgan fingerprint density at radius 2 is 1.56 bits per heavy atom. The Bertz CT molecular complexity index is 557. The van der Waals surface area contributed by atoms with E-state index in [2.05, 4.69) is 36.4 Å². The molecule has 1 aliphatic rings. The summed E-state index contributed by atoms with van der Waals surface area (Å²) in [6.07, 6.45) is 0.778. The zero-order chi connectivity index (χ0) is 12.5. The van der Waals surface area contributed by atoms with Gasteiger partial charge in [-0.05, 0) is 29.0 Å². The molecule has 0 amide bonds. The van der Waals surface area contributed by atoms with Crippen LogP contribution in [0.3, 0.4) is 0 Å². The molecule has 0 aromatic heterocycles. The van der Waals surface area contributed by atoms with Crippen molar-refractivity contribution in [1.29, 1.82) is 0 Å².